The van der Waals surface area contributed by atoms with Crippen molar-refractivity contribution in [2.45, 2.75) is 31.3 Å². The van der Waals surface area contributed by atoms with Crippen LogP contribution >= 0.6 is 0 Å². The van der Waals surface area contributed by atoms with Gasteiger partial charge in [0, 0.05) is 26.7 Å². The second kappa shape index (κ2) is 8.97. The first-order chi connectivity index (χ1) is 13.7. The largest absolute Gasteiger partial charge is 0.331 e. The van der Waals surface area contributed by atoms with Crippen molar-refractivity contribution < 1.29 is 13.2 Å². The summed E-state index contributed by atoms with van der Waals surface area (Å²) >= 11 is 0. The van der Waals surface area contributed by atoms with Gasteiger partial charge in [0.05, 0.1) is 12.3 Å². The van der Waals surface area contributed by atoms with Crippen molar-refractivity contribution in [2.75, 3.05) is 26.9 Å². The van der Waals surface area contributed by atoms with E-state index in [0.717, 1.165) is 23.1 Å². The number of urea groups is 1. The highest BCUT2D eigenvalue weighted by Crippen LogP contribution is 2.26. The molecule has 3 rings (SSSR count). The Balaban J connectivity index is 1.91. The van der Waals surface area contributed by atoms with Gasteiger partial charge in [0.15, 0.2) is 0 Å². The number of nitrogens with one attached hydrogen (secondary N) is 1. The van der Waals surface area contributed by atoms with Gasteiger partial charge in [-0.2, -0.15) is 0 Å². The molecule has 1 N–H and O–H groups in total. The Kier molecular flexibility index (Phi) is 6.59. The SMILES string of the molecule is CN(C)C(=O)N1CCCC(NS(C)(=O)=O)C1Cc1cccc(-c2ccccc2)c1. The van der Waals surface area contributed by atoms with Gasteiger partial charge in [0.2, 0.25) is 10.0 Å². The van der Waals surface area contributed by atoms with Crippen LogP contribution in [0.15, 0.2) is 54.6 Å². The lowest BCUT2D eigenvalue weighted by molar-refractivity contribution is 0.114. The Labute approximate surface area is 173 Å². The minimum absolute atomic E-state index is 0.0887. The predicted octanol–water partition coefficient (Wildman–Crippen LogP) is 2.96. The highest BCUT2D eigenvalue weighted by Gasteiger charge is 2.36. The van der Waals surface area contributed by atoms with E-state index in [0.29, 0.717) is 19.4 Å². The zero-order chi connectivity index (χ0) is 21.0. The number of rotatable bonds is 5. The molecule has 0 aliphatic carbocycles. The summed E-state index contributed by atoms with van der Waals surface area (Å²) in [6.07, 6.45) is 3.25. The smallest absolute Gasteiger partial charge is 0.319 e. The number of likely N-dealkylation sites (tertiary alicyclic amines) is 1. The van der Waals surface area contributed by atoms with E-state index < -0.39 is 10.0 Å². The molecule has 2 aromatic carbocycles. The van der Waals surface area contributed by atoms with Crippen molar-refractivity contribution in [2.24, 2.45) is 0 Å². The molecule has 1 saturated heterocycles. The lowest BCUT2D eigenvalue weighted by Crippen LogP contribution is -2.59. The highest BCUT2D eigenvalue weighted by atomic mass is 32.2. The monoisotopic (exact) mass is 415 g/mol. The van der Waals surface area contributed by atoms with Gasteiger partial charge in [0.25, 0.3) is 0 Å². The summed E-state index contributed by atoms with van der Waals surface area (Å²) in [5, 5.41) is 0. The van der Waals surface area contributed by atoms with Gasteiger partial charge < -0.3 is 9.80 Å². The van der Waals surface area contributed by atoms with E-state index in [1.807, 2.05) is 35.2 Å². The number of hydrogen-bond donors (Lipinski definition) is 1. The molecule has 2 amide bonds. The second-order valence-electron chi connectivity index (χ2n) is 7.85. The van der Waals surface area contributed by atoms with Crippen LogP contribution in [0.2, 0.25) is 0 Å². The molecule has 7 heteroatoms. The van der Waals surface area contributed by atoms with E-state index in [2.05, 4.69) is 29.0 Å². The molecule has 6 nitrogen and oxygen atoms in total. The fourth-order valence-corrected chi connectivity index (χ4v) is 4.79. The van der Waals surface area contributed by atoms with Crippen molar-refractivity contribution in [3.05, 3.63) is 60.2 Å². The Bertz CT molecular complexity index is 945. The van der Waals surface area contributed by atoms with Crippen LogP contribution in [0.5, 0.6) is 0 Å². The molecule has 2 atom stereocenters. The summed E-state index contributed by atoms with van der Waals surface area (Å²) in [6, 6.07) is 17.7. The van der Waals surface area contributed by atoms with Crippen LogP contribution < -0.4 is 4.72 Å². The Morgan fingerprint density at radius 3 is 2.45 bits per heavy atom. The third-order valence-corrected chi connectivity index (χ3v) is 5.98. The molecule has 0 aromatic heterocycles. The number of sulfonamides is 1. The zero-order valence-electron chi connectivity index (χ0n) is 17.2. The number of nitrogens with zero attached hydrogens (tertiary/aromatic N) is 2. The standard InChI is InChI=1S/C22H29N3O3S/c1-24(2)22(26)25-14-8-13-20(23-29(3,27)28)21(25)16-17-9-7-12-19(15-17)18-10-5-4-6-11-18/h4-7,9-12,15,20-21,23H,8,13-14,16H2,1-3H3. The van der Waals surface area contributed by atoms with E-state index in [4.69, 9.17) is 0 Å². The van der Waals surface area contributed by atoms with Gasteiger partial charge >= 0.3 is 6.03 Å². The molecule has 1 heterocycles. The second-order valence-corrected chi connectivity index (χ2v) is 9.63. The highest BCUT2D eigenvalue weighted by molar-refractivity contribution is 7.88. The van der Waals surface area contributed by atoms with E-state index in [1.165, 1.54) is 6.26 Å². The number of benzene rings is 2. The van der Waals surface area contributed by atoms with Gasteiger partial charge in [-0.15, -0.1) is 0 Å². The molecule has 2 aromatic rings. The maximum atomic E-state index is 12.8. The number of piperidine rings is 1. The lowest BCUT2D eigenvalue weighted by Gasteiger charge is -2.42. The zero-order valence-corrected chi connectivity index (χ0v) is 18.0. The maximum Gasteiger partial charge on any atom is 0.319 e. The minimum atomic E-state index is -3.37. The van der Waals surface area contributed by atoms with Crippen LogP contribution in [0.25, 0.3) is 11.1 Å². The third kappa shape index (κ3) is 5.58. The third-order valence-electron chi connectivity index (χ3n) is 5.25. The van der Waals surface area contributed by atoms with Crippen molar-refractivity contribution >= 4 is 16.1 Å². The molecule has 0 bridgehead atoms. The fraction of sp³-hybridized carbons (Fsp3) is 0.409. The van der Waals surface area contributed by atoms with Crippen molar-refractivity contribution in [1.29, 1.82) is 0 Å². The molecule has 156 valence electrons. The number of carbonyl (C=O) groups is 1. The summed E-state index contributed by atoms with van der Waals surface area (Å²) in [5.74, 6) is 0. The minimum Gasteiger partial charge on any atom is -0.331 e. The lowest BCUT2D eigenvalue weighted by atomic mass is 9.90. The van der Waals surface area contributed by atoms with Gasteiger partial charge in [0.1, 0.15) is 0 Å². The normalized spacial score (nSPS) is 19.8. The average Bonchev–Trinajstić information content (AvgIpc) is 2.68. The molecule has 1 aliphatic heterocycles. The maximum absolute atomic E-state index is 12.8. The van der Waals surface area contributed by atoms with Crippen LogP contribution in [0, 0.1) is 0 Å². The quantitative estimate of drug-likeness (QED) is 0.816. The van der Waals surface area contributed by atoms with E-state index in [-0.39, 0.29) is 18.1 Å². The molecule has 0 saturated carbocycles. The summed E-state index contributed by atoms with van der Waals surface area (Å²) in [5.41, 5.74) is 3.32. The van der Waals surface area contributed by atoms with Crippen LogP contribution in [0.1, 0.15) is 18.4 Å². The Morgan fingerprint density at radius 1 is 1.10 bits per heavy atom. The van der Waals surface area contributed by atoms with E-state index in [9.17, 15) is 13.2 Å². The molecule has 1 fully saturated rings. The predicted molar refractivity (Wildman–Crippen MR) is 116 cm³/mol. The molecule has 1 aliphatic rings. The van der Waals surface area contributed by atoms with Gasteiger partial charge in [-0.25, -0.2) is 17.9 Å². The average molecular weight is 416 g/mol. The molecule has 2 unspecified atom stereocenters. The van der Waals surface area contributed by atoms with E-state index in [1.54, 1.807) is 19.0 Å². The summed E-state index contributed by atoms with van der Waals surface area (Å²) < 4.78 is 26.6. The summed E-state index contributed by atoms with van der Waals surface area (Å²) in [7, 11) is 0.0794. The van der Waals surface area contributed by atoms with Gasteiger partial charge in [-0.05, 0) is 36.0 Å². The van der Waals surface area contributed by atoms with Gasteiger partial charge in [-0.3, -0.25) is 0 Å². The Hall–Kier alpha value is -2.38. The van der Waals surface area contributed by atoms with Crippen LogP contribution in [0.4, 0.5) is 4.79 Å². The van der Waals surface area contributed by atoms with Crippen molar-refractivity contribution in [3.8, 4) is 11.1 Å². The number of carbonyl (C=O) groups excluding carboxylic acids is 1. The van der Waals surface area contributed by atoms with Crippen molar-refractivity contribution in [1.82, 2.24) is 14.5 Å². The Morgan fingerprint density at radius 2 is 1.79 bits per heavy atom. The van der Waals surface area contributed by atoms with E-state index >= 15 is 0 Å². The van der Waals surface area contributed by atoms with Crippen LogP contribution in [-0.4, -0.2) is 63.2 Å². The first-order valence-electron chi connectivity index (χ1n) is 9.84. The fourth-order valence-electron chi connectivity index (χ4n) is 3.97. The molecular weight excluding hydrogens is 386 g/mol. The van der Waals surface area contributed by atoms with Gasteiger partial charge in [-0.1, -0.05) is 54.6 Å². The molecular formula is C22H29N3O3S. The van der Waals surface area contributed by atoms with Crippen LogP contribution in [-0.2, 0) is 16.4 Å². The number of amides is 2. The molecule has 0 spiro atoms. The first kappa shape index (κ1) is 21.3. The van der Waals surface area contributed by atoms with Crippen LogP contribution in [0.3, 0.4) is 0 Å². The molecule has 0 radical (unpaired) electrons. The number of hydrogen-bond acceptors (Lipinski definition) is 3. The summed E-state index contributed by atoms with van der Waals surface area (Å²) in [6.45, 7) is 0.627. The summed E-state index contributed by atoms with van der Waals surface area (Å²) in [4.78, 5) is 16.1. The topological polar surface area (TPSA) is 69.7 Å². The van der Waals surface area contributed by atoms with Crippen molar-refractivity contribution in [3.63, 3.8) is 0 Å². The molecule has 29 heavy (non-hydrogen) atoms. The first-order valence-corrected chi connectivity index (χ1v) is 11.7.